The van der Waals surface area contributed by atoms with Gasteiger partial charge in [-0.25, -0.2) is 12.8 Å². The van der Waals surface area contributed by atoms with Crippen molar-refractivity contribution < 1.29 is 12.8 Å². The van der Waals surface area contributed by atoms with Crippen LogP contribution in [0.15, 0.2) is 50.2 Å². The van der Waals surface area contributed by atoms with E-state index in [1.54, 1.807) is 6.07 Å². The number of rotatable bonds is 3. The highest BCUT2D eigenvalue weighted by atomic mass is 79.9. The predicted octanol–water partition coefficient (Wildman–Crippen LogP) is 4.02. The molecule has 0 unspecified atom stereocenters. The lowest BCUT2D eigenvalue weighted by atomic mass is 10.2. The van der Waals surface area contributed by atoms with Crippen molar-refractivity contribution in [2.24, 2.45) is 0 Å². The molecule has 0 amide bonds. The molecule has 21 heavy (non-hydrogen) atoms. The second-order valence-electron chi connectivity index (χ2n) is 3.98. The van der Waals surface area contributed by atoms with Gasteiger partial charge >= 0.3 is 0 Å². The molecule has 0 bridgehead atoms. The maximum absolute atomic E-state index is 13.8. The minimum absolute atomic E-state index is 0.0780. The standard InChI is InChI=1S/C13H7Br2FN2O2S/c14-9-3-4-13(11(16)5-9)21(19,20)18-12-6-10(15)2-1-8(12)7-17/h1-6,18H. The van der Waals surface area contributed by atoms with Crippen LogP contribution in [0.1, 0.15) is 5.56 Å². The molecule has 0 aliphatic carbocycles. The van der Waals surface area contributed by atoms with Gasteiger partial charge in [0.2, 0.25) is 0 Å². The molecule has 4 nitrogen and oxygen atoms in total. The highest BCUT2D eigenvalue weighted by Crippen LogP contribution is 2.26. The van der Waals surface area contributed by atoms with Gasteiger partial charge in [-0.15, -0.1) is 0 Å². The zero-order valence-corrected chi connectivity index (χ0v) is 14.3. The topological polar surface area (TPSA) is 70.0 Å². The van der Waals surface area contributed by atoms with Gasteiger partial charge in [-0.05, 0) is 36.4 Å². The minimum Gasteiger partial charge on any atom is -0.278 e. The normalized spacial score (nSPS) is 11.0. The van der Waals surface area contributed by atoms with Gasteiger partial charge in [-0.2, -0.15) is 5.26 Å². The molecule has 0 fully saturated rings. The van der Waals surface area contributed by atoms with Gasteiger partial charge in [0.25, 0.3) is 10.0 Å². The maximum atomic E-state index is 13.8. The maximum Gasteiger partial charge on any atom is 0.264 e. The number of anilines is 1. The SMILES string of the molecule is N#Cc1ccc(Br)cc1NS(=O)(=O)c1ccc(Br)cc1F. The zero-order chi connectivity index (χ0) is 15.6. The molecule has 0 atom stereocenters. The van der Waals surface area contributed by atoms with Crippen molar-refractivity contribution in [2.75, 3.05) is 4.72 Å². The van der Waals surface area contributed by atoms with E-state index in [0.29, 0.717) is 8.95 Å². The third-order valence-electron chi connectivity index (χ3n) is 2.53. The molecule has 2 rings (SSSR count). The first kappa shape index (κ1) is 15.9. The van der Waals surface area contributed by atoms with Gasteiger partial charge in [0.15, 0.2) is 0 Å². The Bertz CT molecular complexity index is 848. The van der Waals surface area contributed by atoms with Crippen molar-refractivity contribution >= 4 is 47.6 Å². The molecule has 0 saturated heterocycles. The van der Waals surface area contributed by atoms with Crippen LogP contribution in [-0.2, 0) is 10.0 Å². The monoisotopic (exact) mass is 432 g/mol. The molecule has 0 radical (unpaired) electrons. The highest BCUT2D eigenvalue weighted by Gasteiger charge is 2.20. The Balaban J connectivity index is 2.47. The van der Waals surface area contributed by atoms with E-state index in [1.165, 1.54) is 18.2 Å². The van der Waals surface area contributed by atoms with Crippen molar-refractivity contribution in [3.05, 3.63) is 56.7 Å². The molecule has 2 aromatic rings. The van der Waals surface area contributed by atoms with E-state index in [4.69, 9.17) is 5.26 Å². The number of benzene rings is 2. The Labute approximate surface area is 137 Å². The summed E-state index contributed by atoms with van der Waals surface area (Å²) < 4.78 is 41.5. The summed E-state index contributed by atoms with van der Waals surface area (Å²) in [6, 6.07) is 10.00. The average Bonchev–Trinajstić information content (AvgIpc) is 2.37. The summed E-state index contributed by atoms with van der Waals surface area (Å²) in [5.41, 5.74) is 0.216. The third-order valence-corrected chi connectivity index (χ3v) is 4.92. The van der Waals surface area contributed by atoms with Crippen LogP contribution in [-0.4, -0.2) is 8.42 Å². The van der Waals surface area contributed by atoms with Gasteiger partial charge in [0.05, 0.1) is 11.3 Å². The number of halogens is 3. The van der Waals surface area contributed by atoms with Crippen molar-refractivity contribution in [3.63, 3.8) is 0 Å². The zero-order valence-electron chi connectivity index (χ0n) is 10.3. The summed E-state index contributed by atoms with van der Waals surface area (Å²) in [7, 11) is -4.13. The Hall–Kier alpha value is -1.43. The summed E-state index contributed by atoms with van der Waals surface area (Å²) in [5, 5.41) is 8.99. The molecule has 0 aliphatic heterocycles. The lowest BCUT2D eigenvalue weighted by Crippen LogP contribution is -2.15. The second kappa shape index (κ2) is 6.13. The smallest absolute Gasteiger partial charge is 0.264 e. The predicted molar refractivity (Wildman–Crippen MR) is 83.8 cm³/mol. The van der Waals surface area contributed by atoms with Crippen LogP contribution < -0.4 is 4.72 Å². The molecule has 2 aromatic carbocycles. The molecule has 0 saturated carbocycles. The molecular formula is C13H7Br2FN2O2S. The van der Waals surface area contributed by atoms with Crippen LogP contribution in [0.5, 0.6) is 0 Å². The first-order valence-corrected chi connectivity index (χ1v) is 8.58. The van der Waals surface area contributed by atoms with Crippen molar-refractivity contribution in [2.45, 2.75) is 4.90 Å². The van der Waals surface area contributed by atoms with Crippen LogP contribution in [0.4, 0.5) is 10.1 Å². The summed E-state index contributed by atoms with van der Waals surface area (Å²) >= 11 is 6.25. The van der Waals surface area contributed by atoms with E-state index in [9.17, 15) is 12.8 Å². The van der Waals surface area contributed by atoms with E-state index >= 15 is 0 Å². The van der Waals surface area contributed by atoms with E-state index in [-0.39, 0.29) is 11.3 Å². The lowest BCUT2D eigenvalue weighted by Gasteiger charge is -2.10. The van der Waals surface area contributed by atoms with Crippen molar-refractivity contribution in [1.82, 2.24) is 0 Å². The molecule has 108 valence electrons. The van der Waals surface area contributed by atoms with Crippen LogP contribution in [0.3, 0.4) is 0 Å². The van der Waals surface area contributed by atoms with Gasteiger partial charge in [0, 0.05) is 8.95 Å². The van der Waals surface area contributed by atoms with E-state index in [2.05, 4.69) is 36.6 Å². The molecule has 8 heteroatoms. The number of nitriles is 1. The van der Waals surface area contributed by atoms with Gasteiger partial charge in [-0.3, -0.25) is 4.72 Å². The number of nitrogens with zero attached hydrogens (tertiary/aromatic N) is 1. The van der Waals surface area contributed by atoms with Crippen LogP contribution in [0, 0.1) is 17.1 Å². The van der Waals surface area contributed by atoms with Gasteiger partial charge in [-0.1, -0.05) is 31.9 Å². The third kappa shape index (κ3) is 3.61. The molecule has 0 aliphatic rings. The quantitative estimate of drug-likeness (QED) is 0.794. The second-order valence-corrected chi connectivity index (χ2v) is 7.46. The van der Waals surface area contributed by atoms with Crippen molar-refractivity contribution in [1.29, 1.82) is 5.26 Å². The summed E-state index contributed by atoms with van der Waals surface area (Å²) in [4.78, 5) is -0.491. The largest absolute Gasteiger partial charge is 0.278 e. The van der Waals surface area contributed by atoms with E-state index < -0.39 is 20.7 Å². The molecule has 0 spiro atoms. The number of nitrogens with one attached hydrogen (secondary N) is 1. The Morgan fingerprint density at radius 2 is 1.71 bits per heavy atom. The molecular weight excluding hydrogens is 427 g/mol. The number of hydrogen-bond donors (Lipinski definition) is 1. The number of hydrogen-bond acceptors (Lipinski definition) is 3. The fourth-order valence-corrected chi connectivity index (χ4v) is 3.42. The van der Waals surface area contributed by atoms with Crippen LogP contribution >= 0.6 is 31.9 Å². The molecule has 1 N–H and O–H groups in total. The summed E-state index contributed by atoms with van der Waals surface area (Å²) in [5.74, 6) is -0.884. The van der Waals surface area contributed by atoms with Crippen LogP contribution in [0.2, 0.25) is 0 Å². The Morgan fingerprint density at radius 3 is 2.33 bits per heavy atom. The lowest BCUT2D eigenvalue weighted by molar-refractivity contribution is 0.570. The Kier molecular flexibility index (Phi) is 4.66. The van der Waals surface area contributed by atoms with Gasteiger partial charge < -0.3 is 0 Å². The summed E-state index contributed by atoms with van der Waals surface area (Å²) in [6.07, 6.45) is 0. The number of sulfonamides is 1. The van der Waals surface area contributed by atoms with E-state index in [1.807, 2.05) is 6.07 Å². The highest BCUT2D eigenvalue weighted by molar-refractivity contribution is 9.10. The summed E-state index contributed by atoms with van der Waals surface area (Å²) in [6.45, 7) is 0. The van der Waals surface area contributed by atoms with Gasteiger partial charge in [0.1, 0.15) is 16.8 Å². The first-order chi connectivity index (χ1) is 9.83. The molecule has 0 aromatic heterocycles. The average molecular weight is 434 g/mol. The fourth-order valence-electron chi connectivity index (χ4n) is 1.59. The molecule has 0 heterocycles. The van der Waals surface area contributed by atoms with Crippen LogP contribution in [0.25, 0.3) is 0 Å². The Morgan fingerprint density at radius 1 is 1.10 bits per heavy atom. The van der Waals surface area contributed by atoms with Crippen molar-refractivity contribution in [3.8, 4) is 6.07 Å². The van der Waals surface area contributed by atoms with E-state index in [0.717, 1.165) is 12.1 Å². The minimum atomic E-state index is -4.13. The fraction of sp³-hybridized carbons (Fsp3) is 0. The first-order valence-electron chi connectivity index (χ1n) is 5.51.